The van der Waals surface area contributed by atoms with Crippen LogP contribution in [-0.4, -0.2) is 46.4 Å². The SMILES string of the molecule is CN(C)CC(C)(C)CNC(=O)c1ccc(CS(=O)(=O)c2ccccc2)o1. The molecule has 6 nitrogen and oxygen atoms in total. The summed E-state index contributed by atoms with van der Waals surface area (Å²) in [5, 5.41) is 2.84. The van der Waals surface area contributed by atoms with Crippen LogP contribution >= 0.6 is 0 Å². The van der Waals surface area contributed by atoms with E-state index >= 15 is 0 Å². The van der Waals surface area contributed by atoms with Gasteiger partial charge in [-0.3, -0.25) is 4.79 Å². The second kappa shape index (κ2) is 8.05. The van der Waals surface area contributed by atoms with Gasteiger partial charge < -0.3 is 14.6 Å². The first-order valence-electron chi connectivity index (χ1n) is 8.38. The minimum atomic E-state index is -3.51. The lowest BCUT2D eigenvalue weighted by Gasteiger charge is -2.28. The molecule has 1 heterocycles. The van der Waals surface area contributed by atoms with Gasteiger partial charge in [-0.2, -0.15) is 0 Å². The van der Waals surface area contributed by atoms with Crippen molar-refractivity contribution in [3.05, 3.63) is 54.0 Å². The molecule has 0 aliphatic carbocycles. The van der Waals surface area contributed by atoms with Crippen LogP contribution in [0.2, 0.25) is 0 Å². The van der Waals surface area contributed by atoms with Crippen molar-refractivity contribution < 1.29 is 17.6 Å². The van der Waals surface area contributed by atoms with E-state index in [1.807, 2.05) is 14.1 Å². The zero-order valence-electron chi connectivity index (χ0n) is 15.7. The Morgan fingerprint density at radius 2 is 1.77 bits per heavy atom. The molecule has 0 spiro atoms. The molecule has 1 aromatic heterocycles. The topological polar surface area (TPSA) is 79.6 Å². The molecule has 1 amide bonds. The molecule has 0 unspecified atom stereocenters. The third kappa shape index (κ3) is 5.71. The van der Waals surface area contributed by atoms with Crippen molar-refractivity contribution in [1.29, 1.82) is 0 Å². The van der Waals surface area contributed by atoms with Crippen molar-refractivity contribution in [3.8, 4) is 0 Å². The van der Waals surface area contributed by atoms with Crippen LogP contribution in [0.4, 0.5) is 0 Å². The smallest absolute Gasteiger partial charge is 0.287 e. The Balaban J connectivity index is 2.00. The maximum atomic E-state index is 12.4. The van der Waals surface area contributed by atoms with E-state index in [0.717, 1.165) is 6.54 Å². The van der Waals surface area contributed by atoms with Gasteiger partial charge in [0.15, 0.2) is 15.6 Å². The molecule has 1 N–H and O–H groups in total. The molecule has 0 radical (unpaired) electrons. The van der Waals surface area contributed by atoms with Crippen LogP contribution in [0.5, 0.6) is 0 Å². The lowest BCUT2D eigenvalue weighted by molar-refractivity contribution is 0.0900. The molecule has 0 bridgehead atoms. The van der Waals surface area contributed by atoms with Crippen LogP contribution in [0.25, 0.3) is 0 Å². The molecule has 0 aliphatic heterocycles. The molecule has 26 heavy (non-hydrogen) atoms. The summed E-state index contributed by atoms with van der Waals surface area (Å²) in [7, 11) is 0.458. The Morgan fingerprint density at radius 3 is 2.38 bits per heavy atom. The van der Waals surface area contributed by atoms with Crippen LogP contribution in [-0.2, 0) is 15.6 Å². The molecular formula is C19H26N2O4S. The lowest BCUT2D eigenvalue weighted by atomic mass is 9.93. The third-order valence-corrected chi connectivity index (χ3v) is 5.45. The Labute approximate surface area is 155 Å². The molecule has 0 atom stereocenters. The maximum Gasteiger partial charge on any atom is 0.287 e. The van der Waals surface area contributed by atoms with Crippen LogP contribution in [0, 0.1) is 5.41 Å². The molecule has 1 aromatic carbocycles. The maximum absolute atomic E-state index is 12.4. The van der Waals surface area contributed by atoms with Crippen molar-refractivity contribution in [3.63, 3.8) is 0 Å². The molecule has 2 aromatic rings. The summed E-state index contributed by atoms with van der Waals surface area (Å²) < 4.78 is 30.2. The molecule has 0 saturated carbocycles. The first-order valence-corrected chi connectivity index (χ1v) is 10.0. The van der Waals surface area contributed by atoms with Crippen molar-refractivity contribution in [2.75, 3.05) is 27.2 Å². The van der Waals surface area contributed by atoms with Gasteiger partial charge in [0.05, 0.1) is 4.90 Å². The van der Waals surface area contributed by atoms with Crippen LogP contribution in [0.3, 0.4) is 0 Å². The normalized spacial score (nSPS) is 12.3. The fourth-order valence-corrected chi connectivity index (χ4v) is 4.06. The highest BCUT2D eigenvalue weighted by atomic mass is 32.2. The van der Waals surface area contributed by atoms with E-state index in [9.17, 15) is 13.2 Å². The van der Waals surface area contributed by atoms with Crippen molar-refractivity contribution >= 4 is 15.7 Å². The molecule has 0 saturated heterocycles. The van der Waals surface area contributed by atoms with E-state index in [1.165, 1.54) is 12.1 Å². The molecule has 7 heteroatoms. The summed E-state index contributed by atoms with van der Waals surface area (Å²) in [4.78, 5) is 14.5. The van der Waals surface area contributed by atoms with E-state index in [0.29, 0.717) is 6.54 Å². The number of benzene rings is 1. The number of carbonyl (C=O) groups excluding carboxylic acids is 1. The van der Waals surface area contributed by atoms with Crippen molar-refractivity contribution in [2.24, 2.45) is 5.41 Å². The predicted molar refractivity (Wildman–Crippen MR) is 101 cm³/mol. The van der Waals surface area contributed by atoms with Gasteiger partial charge in [-0.15, -0.1) is 0 Å². The first-order chi connectivity index (χ1) is 12.1. The largest absolute Gasteiger partial charge is 0.455 e. The molecule has 0 fully saturated rings. The Bertz CT molecular complexity index is 839. The number of furan rings is 1. The third-order valence-electron chi connectivity index (χ3n) is 3.79. The van der Waals surface area contributed by atoms with Crippen LogP contribution < -0.4 is 5.32 Å². The number of nitrogens with zero attached hydrogens (tertiary/aromatic N) is 1. The van der Waals surface area contributed by atoms with Gasteiger partial charge in [-0.05, 0) is 43.8 Å². The summed E-state index contributed by atoms with van der Waals surface area (Å²) in [5.41, 5.74) is -0.0920. The van der Waals surface area contributed by atoms with Gasteiger partial charge >= 0.3 is 0 Å². The Morgan fingerprint density at radius 1 is 1.12 bits per heavy atom. The fourth-order valence-electron chi connectivity index (χ4n) is 2.79. The molecular weight excluding hydrogens is 352 g/mol. The van der Waals surface area contributed by atoms with Gasteiger partial charge in [0, 0.05) is 13.1 Å². The summed E-state index contributed by atoms with van der Waals surface area (Å²) in [6.07, 6.45) is 0. The van der Waals surface area contributed by atoms with Gasteiger partial charge in [0.2, 0.25) is 0 Å². The van der Waals surface area contributed by atoms with Gasteiger partial charge in [0.1, 0.15) is 11.5 Å². The van der Waals surface area contributed by atoms with E-state index in [-0.39, 0.29) is 33.5 Å². The zero-order chi connectivity index (χ0) is 19.4. The number of hydrogen-bond donors (Lipinski definition) is 1. The van der Waals surface area contributed by atoms with Crippen molar-refractivity contribution in [2.45, 2.75) is 24.5 Å². The van der Waals surface area contributed by atoms with Crippen LogP contribution in [0.15, 0.2) is 51.8 Å². The molecule has 0 aliphatic rings. The highest BCUT2D eigenvalue weighted by molar-refractivity contribution is 7.90. The number of amides is 1. The van der Waals surface area contributed by atoms with E-state index in [1.54, 1.807) is 30.3 Å². The molecule has 142 valence electrons. The van der Waals surface area contributed by atoms with E-state index in [2.05, 4.69) is 24.1 Å². The highest BCUT2D eigenvalue weighted by Gasteiger charge is 2.22. The minimum Gasteiger partial charge on any atom is -0.455 e. The average Bonchev–Trinajstić information content (AvgIpc) is 3.00. The Hall–Kier alpha value is -2.12. The highest BCUT2D eigenvalue weighted by Crippen LogP contribution is 2.19. The average molecular weight is 378 g/mol. The number of rotatable bonds is 8. The van der Waals surface area contributed by atoms with Gasteiger partial charge in [0.25, 0.3) is 5.91 Å². The monoisotopic (exact) mass is 378 g/mol. The number of hydrogen-bond acceptors (Lipinski definition) is 5. The van der Waals surface area contributed by atoms with Crippen molar-refractivity contribution in [1.82, 2.24) is 10.2 Å². The summed E-state index contributed by atoms with van der Waals surface area (Å²) in [6, 6.07) is 11.2. The van der Waals surface area contributed by atoms with Gasteiger partial charge in [-0.25, -0.2) is 8.42 Å². The second-order valence-corrected chi connectivity index (χ2v) is 9.41. The quantitative estimate of drug-likeness (QED) is 0.764. The van der Waals surface area contributed by atoms with E-state index in [4.69, 9.17) is 4.42 Å². The second-order valence-electron chi connectivity index (χ2n) is 7.42. The fraction of sp³-hybridized carbons (Fsp3) is 0.421. The number of nitrogens with one attached hydrogen (secondary N) is 1. The Kier molecular flexibility index (Phi) is 6.26. The van der Waals surface area contributed by atoms with E-state index < -0.39 is 9.84 Å². The zero-order valence-corrected chi connectivity index (χ0v) is 16.5. The lowest BCUT2D eigenvalue weighted by Crippen LogP contribution is -2.39. The number of carbonyl (C=O) groups is 1. The first kappa shape index (κ1) is 20.2. The predicted octanol–water partition coefficient (Wildman–Crippen LogP) is 2.57. The summed E-state index contributed by atoms with van der Waals surface area (Å²) >= 11 is 0. The summed E-state index contributed by atoms with van der Waals surface area (Å²) in [6.45, 7) is 5.44. The van der Waals surface area contributed by atoms with Crippen LogP contribution in [0.1, 0.15) is 30.2 Å². The number of sulfone groups is 1. The minimum absolute atomic E-state index is 0.0920. The standard InChI is InChI=1S/C19H26N2O4S/c1-19(2,14-21(3)4)13-20-18(22)17-11-10-15(25-17)12-26(23,24)16-8-6-5-7-9-16/h5-11H,12-14H2,1-4H3,(H,20,22). The van der Waals surface area contributed by atoms with Gasteiger partial charge in [-0.1, -0.05) is 32.0 Å². The molecule has 2 rings (SSSR count). The summed E-state index contributed by atoms with van der Waals surface area (Å²) in [5.74, 6) is -0.271.